The van der Waals surface area contributed by atoms with E-state index < -0.39 is 25.9 Å². The third-order valence-corrected chi connectivity index (χ3v) is 10.8. The molecule has 0 saturated carbocycles. The Kier molecular flexibility index (Phi) is 9.47. The molecule has 3 aromatic rings. The van der Waals surface area contributed by atoms with E-state index in [1.165, 1.54) is 45.7 Å². The fourth-order valence-electron chi connectivity index (χ4n) is 4.88. The summed E-state index contributed by atoms with van der Waals surface area (Å²) in [7, 11) is -5.82. The van der Waals surface area contributed by atoms with Crippen molar-refractivity contribution in [3.05, 3.63) is 101 Å². The summed E-state index contributed by atoms with van der Waals surface area (Å²) >= 11 is 5.96. The maximum absolute atomic E-state index is 13.8. The number of nitrogens with one attached hydrogen (secondary N) is 1. The van der Waals surface area contributed by atoms with Crippen molar-refractivity contribution in [1.29, 1.82) is 0 Å². The van der Waals surface area contributed by atoms with Crippen LogP contribution >= 0.6 is 11.6 Å². The van der Waals surface area contributed by atoms with Gasteiger partial charge >= 0.3 is 0 Å². The summed E-state index contributed by atoms with van der Waals surface area (Å²) in [5, 5.41) is 6.53. The average molecular weight is 647 g/mol. The van der Waals surface area contributed by atoms with E-state index in [0.29, 0.717) is 42.5 Å². The van der Waals surface area contributed by atoms with Crippen LogP contribution in [0.4, 0.5) is 4.39 Å². The Bertz CT molecular complexity index is 1700. The van der Waals surface area contributed by atoms with E-state index in [-0.39, 0.29) is 35.6 Å². The summed E-state index contributed by atoms with van der Waals surface area (Å²) in [6, 6.07) is 21.1. The van der Waals surface area contributed by atoms with Crippen molar-refractivity contribution in [2.75, 3.05) is 52.1 Å². The molecular formula is C29H32ClFN6O4S2. The molecule has 1 saturated heterocycles. The maximum atomic E-state index is 13.8. The number of hydrogen-bond donors (Lipinski definition) is 1. The molecule has 3 aromatic carbocycles. The van der Waals surface area contributed by atoms with E-state index in [4.69, 9.17) is 16.7 Å². The van der Waals surface area contributed by atoms with Crippen LogP contribution in [-0.2, 0) is 20.0 Å². The number of sulfonamides is 2. The highest BCUT2D eigenvalue weighted by atomic mass is 35.5. The van der Waals surface area contributed by atoms with Crippen molar-refractivity contribution < 1.29 is 21.2 Å². The minimum absolute atomic E-state index is 0.0452. The maximum Gasteiger partial charge on any atom is 0.264 e. The van der Waals surface area contributed by atoms with Gasteiger partial charge in [0.2, 0.25) is 16.0 Å². The first-order chi connectivity index (χ1) is 20.5. The number of nitrogens with zero attached hydrogens (tertiary/aromatic N) is 5. The summed E-state index contributed by atoms with van der Waals surface area (Å²) < 4.78 is 70.6. The van der Waals surface area contributed by atoms with Gasteiger partial charge < -0.3 is 4.90 Å². The first-order valence-electron chi connectivity index (χ1n) is 13.7. The van der Waals surface area contributed by atoms with Gasteiger partial charge in [-0.05, 0) is 54.6 Å². The minimum Gasteiger partial charge on any atom is -0.304 e. The van der Waals surface area contributed by atoms with Crippen molar-refractivity contribution in [2.24, 2.45) is 10.1 Å². The van der Waals surface area contributed by atoms with Crippen LogP contribution in [0.15, 0.2) is 93.9 Å². The van der Waals surface area contributed by atoms with E-state index in [9.17, 15) is 21.2 Å². The quantitative estimate of drug-likeness (QED) is 0.297. The molecule has 228 valence electrons. The van der Waals surface area contributed by atoms with Crippen molar-refractivity contribution in [3.63, 3.8) is 0 Å². The van der Waals surface area contributed by atoms with Crippen LogP contribution in [0.1, 0.15) is 17.0 Å². The standard InChI is InChI=1S/C29H32ClFN6O4S2/c1-35-16-18-36(19-17-35)42(38,39)20-15-32-29(34-43(40,41)26-13-9-24(30)10-14-26)37-21-27(22-5-3-2-4-6-22)28(33-37)23-7-11-25(31)12-8-23/h2-14,27H,15-21H2,1H3,(H,32,34). The number of likely N-dealkylation sites (N-methyl/N-ethyl adjacent to an activating group) is 1. The predicted octanol–water partition coefficient (Wildman–Crippen LogP) is 3.19. The Hall–Kier alpha value is -3.36. The van der Waals surface area contributed by atoms with E-state index in [1.54, 1.807) is 12.1 Å². The molecule has 0 spiro atoms. The van der Waals surface area contributed by atoms with Crippen molar-refractivity contribution in [3.8, 4) is 0 Å². The third kappa shape index (κ3) is 7.60. The molecule has 0 aliphatic carbocycles. The summed E-state index contributed by atoms with van der Waals surface area (Å²) in [6.45, 7) is 2.04. The zero-order valence-corrected chi connectivity index (χ0v) is 25.9. The van der Waals surface area contributed by atoms with E-state index >= 15 is 0 Å². The monoisotopic (exact) mass is 646 g/mol. The van der Waals surface area contributed by atoms with Gasteiger partial charge in [-0.2, -0.15) is 9.41 Å². The number of hydrazone groups is 1. The van der Waals surface area contributed by atoms with Crippen LogP contribution in [-0.4, -0.2) is 94.8 Å². The number of aliphatic imine (C=N–C) groups is 1. The van der Waals surface area contributed by atoms with Crippen LogP contribution in [0.3, 0.4) is 0 Å². The van der Waals surface area contributed by atoms with Gasteiger partial charge in [0.1, 0.15) is 5.82 Å². The lowest BCUT2D eigenvalue weighted by atomic mass is 9.91. The molecule has 1 fully saturated rings. The zero-order chi connectivity index (χ0) is 30.6. The largest absolute Gasteiger partial charge is 0.304 e. The topological polar surface area (TPSA) is 115 Å². The molecule has 0 radical (unpaired) electrons. The Morgan fingerprint density at radius 3 is 2.26 bits per heavy atom. The van der Waals surface area contributed by atoms with E-state index in [2.05, 4.69) is 14.6 Å². The summed E-state index contributed by atoms with van der Waals surface area (Å²) in [6.07, 6.45) is 0. The average Bonchev–Trinajstić information content (AvgIpc) is 3.43. The fourth-order valence-corrected chi connectivity index (χ4v) is 7.33. The Labute approximate surface area is 256 Å². The van der Waals surface area contributed by atoms with Crippen molar-refractivity contribution >= 4 is 43.3 Å². The van der Waals surface area contributed by atoms with Crippen molar-refractivity contribution in [1.82, 2.24) is 18.9 Å². The molecule has 0 aromatic heterocycles. The fraction of sp³-hybridized carbons (Fsp3) is 0.310. The van der Waals surface area contributed by atoms with Gasteiger partial charge in [0.15, 0.2) is 0 Å². The second-order valence-electron chi connectivity index (χ2n) is 10.3. The van der Waals surface area contributed by atoms with Gasteiger partial charge in [0.25, 0.3) is 10.0 Å². The van der Waals surface area contributed by atoms with Crippen LogP contribution in [0.5, 0.6) is 0 Å². The number of benzene rings is 3. The highest BCUT2D eigenvalue weighted by molar-refractivity contribution is 7.90. The SMILES string of the molecule is CN1CCN(S(=O)(=O)CCN=C(NS(=O)(=O)c2ccc(Cl)cc2)N2CC(c3ccccc3)C(c3ccc(F)cc3)=N2)CC1. The molecule has 43 heavy (non-hydrogen) atoms. The lowest BCUT2D eigenvalue weighted by Crippen LogP contribution is -2.48. The molecule has 5 rings (SSSR count). The van der Waals surface area contributed by atoms with Crippen LogP contribution < -0.4 is 4.72 Å². The lowest BCUT2D eigenvalue weighted by Gasteiger charge is -2.31. The molecule has 2 aliphatic rings. The predicted molar refractivity (Wildman–Crippen MR) is 166 cm³/mol. The van der Waals surface area contributed by atoms with Gasteiger partial charge in [0.05, 0.1) is 29.4 Å². The van der Waals surface area contributed by atoms with Gasteiger partial charge in [-0.3, -0.25) is 0 Å². The number of piperazine rings is 1. The van der Waals surface area contributed by atoms with Crippen molar-refractivity contribution in [2.45, 2.75) is 10.8 Å². The third-order valence-electron chi connectivity index (χ3n) is 7.32. The Morgan fingerprint density at radius 2 is 1.60 bits per heavy atom. The molecule has 1 N–H and O–H groups in total. The highest BCUT2D eigenvalue weighted by Crippen LogP contribution is 2.29. The molecule has 0 amide bonds. The second kappa shape index (κ2) is 13.1. The number of rotatable bonds is 8. The first kappa shape index (κ1) is 31.1. The molecule has 2 aliphatic heterocycles. The summed E-state index contributed by atoms with van der Waals surface area (Å²) in [5.41, 5.74) is 2.18. The van der Waals surface area contributed by atoms with Crippen LogP contribution in [0.25, 0.3) is 0 Å². The number of hydrogen-bond acceptors (Lipinski definition) is 7. The molecule has 1 unspecified atom stereocenters. The summed E-state index contributed by atoms with van der Waals surface area (Å²) in [5.74, 6) is -1.12. The molecule has 0 bridgehead atoms. The van der Waals surface area contributed by atoms with Gasteiger partial charge in [0, 0.05) is 37.1 Å². The number of guanidine groups is 1. The number of halogens is 2. The van der Waals surface area contributed by atoms with E-state index in [0.717, 1.165) is 5.56 Å². The normalized spacial score (nSPS) is 19.0. The molecule has 2 heterocycles. The Morgan fingerprint density at radius 1 is 0.953 bits per heavy atom. The minimum atomic E-state index is -4.14. The lowest BCUT2D eigenvalue weighted by molar-refractivity contribution is 0.222. The molecule has 10 nitrogen and oxygen atoms in total. The first-order valence-corrected chi connectivity index (χ1v) is 17.1. The van der Waals surface area contributed by atoms with Crippen LogP contribution in [0.2, 0.25) is 5.02 Å². The zero-order valence-electron chi connectivity index (χ0n) is 23.5. The second-order valence-corrected chi connectivity index (χ2v) is 14.5. The van der Waals surface area contributed by atoms with Gasteiger partial charge in [-0.1, -0.05) is 54.1 Å². The Balaban J connectivity index is 1.48. The highest BCUT2D eigenvalue weighted by Gasteiger charge is 2.33. The van der Waals surface area contributed by atoms with Crippen LogP contribution in [0, 0.1) is 5.82 Å². The van der Waals surface area contributed by atoms with Gasteiger partial charge in [-0.15, -0.1) is 0 Å². The van der Waals surface area contributed by atoms with E-state index in [1.807, 2.05) is 37.4 Å². The summed E-state index contributed by atoms with van der Waals surface area (Å²) in [4.78, 5) is 6.45. The molecule has 1 atom stereocenters. The van der Waals surface area contributed by atoms with Gasteiger partial charge in [-0.25, -0.2) is 35.9 Å². The molecular weight excluding hydrogens is 615 g/mol. The smallest absolute Gasteiger partial charge is 0.264 e. The molecule has 14 heteroatoms.